The molecule has 0 spiro atoms. The van der Waals surface area contributed by atoms with Crippen molar-refractivity contribution >= 4 is 43.5 Å². The van der Waals surface area contributed by atoms with Crippen LogP contribution in [0.25, 0.3) is 5.57 Å². The van der Waals surface area contributed by atoms with Gasteiger partial charge in [0.2, 0.25) is 0 Å². The average molecular weight is 545 g/mol. The van der Waals surface area contributed by atoms with E-state index in [2.05, 4.69) is 136 Å². The van der Waals surface area contributed by atoms with Crippen molar-refractivity contribution in [2.24, 2.45) is 5.73 Å². The maximum absolute atomic E-state index is 7.38. The predicted octanol–water partition coefficient (Wildman–Crippen LogP) is 7.48. The first-order chi connectivity index (χ1) is 18.4. The lowest BCUT2D eigenvalue weighted by molar-refractivity contribution is 0.522. The third-order valence-electron chi connectivity index (χ3n) is 8.61. The topological polar surface area (TPSA) is 38.0 Å². The van der Waals surface area contributed by atoms with Gasteiger partial charge in [-0.25, -0.2) is 0 Å². The van der Waals surface area contributed by atoms with Gasteiger partial charge < -0.3 is 11.1 Å². The fourth-order valence-corrected chi connectivity index (χ4v) is 8.66. The monoisotopic (exact) mass is 544 g/mol. The summed E-state index contributed by atoms with van der Waals surface area (Å²) in [6.45, 7) is 14.4. The van der Waals surface area contributed by atoms with Gasteiger partial charge in [0.05, 0.1) is 21.7 Å². The van der Waals surface area contributed by atoms with Crippen molar-refractivity contribution in [1.82, 2.24) is 0 Å². The molecule has 1 unspecified atom stereocenters. The van der Waals surface area contributed by atoms with Crippen LogP contribution in [0.4, 0.5) is 11.4 Å². The average Bonchev–Trinajstić information content (AvgIpc) is 3.25. The molecule has 0 heterocycles. The number of rotatable bonds is 5. The largest absolute Gasteiger partial charge is 0.356 e. The van der Waals surface area contributed by atoms with Crippen LogP contribution < -0.4 is 21.4 Å². The fraction of sp³-hybridized carbons (Fsp3) is 0.257. The third-order valence-corrected chi connectivity index (χ3v) is 12.7. The second-order valence-corrected chi connectivity index (χ2v) is 23.7. The summed E-state index contributed by atoms with van der Waals surface area (Å²) in [7, 11) is -2.66. The molecule has 0 radical (unpaired) electrons. The number of hydrogen-bond acceptors (Lipinski definition) is 2. The van der Waals surface area contributed by atoms with Crippen LogP contribution in [-0.2, 0) is 12.0 Å². The van der Waals surface area contributed by atoms with E-state index in [4.69, 9.17) is 5.73 Å². The highest BCUT2D eigenvalue weighted by molar-refractivity contribution is 6.89. The molecule has 2 aliphatic carbocycles. The molecule has 4 aromatic rings. The third kappa shape index (κ3) is 4.65. The van der Waals surface area contributed by atoms with Gasteiger partial charge in [-0.2, -0.15) is 0 Å². The smallest absolute Gasteiger partial charge is 0.0775 e. The Bertz CT molecular complexity index is 1590. The molecule has 2 aliphatic rings. The van der Waals surface area contributed by atoms with E-state index in [-0.39, 0.29) is 0 Å². The molecule has 0 fully saturated rings. The van der Waals surface area contributed by atoms with E-state index in [1.54, 1.807) is 0 Å². The second-order valence-electron chi connectivity index (χ2n) is 13.5. The van der Waals surface area contributed by atoms with Crippen LogP contribution in [0.1, 0.15) is 34.2 Å². The fourth-order valence-electron chi connectivity index (χ4n) is 6.32. The maximum atomic E-state index is 7.38. The van der Waals surface area contributed by atoms with Crippen LogP contribution in [0.5, 0.6) is 0 Å². The van der Waals surface area contributed by atoms with Gasteiger partial charge in [-0.1, -0.05) is 122 Å². The number of benzene rings is 4. The lowest BCUT2D eigenvalue weighted by atomic mass is 9.70. The number of fused-ring (bicyclic) bond motifs is 4. The summed E-state index contributed by atoms with van der Waals surface area (Å²) in [6.07, 6.45) is 1.80. The summed E-state index contributed by atoms with van der Waals surface area (Å²) in [5.74, 6) is 0. The standard InChI is InChI=1S/C35H40N2Si2/c1-38(2,3)29-16-11-26(12-17-29)35(36)23-25-21-24-22-28(37-27-13-18-30(19-14-27)39(4,5)6)15-20-31(24)34(25)32-9-7-8-10-33(32)35/h7-20,22,37H,21,23,36H2,1-6H3. The molecular formula is C35H40N2Si2. The van der Waals surface area contributed by atoms with Gasteiger partial charge in [0, 0.05) is 11.4 Å². The Morgan fingerprint density at radius 3 is 1.90 bits per heavy atom. The zero-order valence-corrected chi connectivity index (χ0v) is 26.2. The Hall–Kier alpha value is -3.19. The molecule has 1 atom stereocenters. The molecule has 198 valence electrons. The Morgan fingerprint density at radius 1 is 0.667 bits per heavy atom. The van der Waals surface area contributed by atoms with E-state index in [1.165, 1.54) is 49.3 Å². The van der Waals surface area contributed by atoms with E-state index >= 15 is 0 Å². The van der Waals surface area contributed by atoms with Gasteiger partial charge in [0.1, 0.15) is 0 Å². The zero-order chi connectivity index (χ0) is 27.6. The van der Waals surface area contributed by atoms with Crippen LogP contribution in [0.3, 0.4) is 0 Å². The molecule has 0 aromatic heterocycles. The molecule has 0 saturated carbocycles. The Balaban J connectivity index is 1.32. The molecule has 6 rings (SSSR count). The van der Waals surface area contributed by atoms with Crippen LogP contribution in [-0.4, -0.2) is 16.1 Å². The van der Waals surface area contributed by atoms with E-state index in [9.17, 15) is 0 Å². The van der Waals surface area contributed by atoms with Crippen molar-refractivity contribution < 1.29 is 0 Å². The van der Waals surface area contributed by atoms with Gasteiger partial charge in [-0.05, 0) is 70.5 Å². The highest BCUT2D eigenvalue weighted by Crippen LogP contribution is 2.50. The predicted molar refractivity (Wildman–Crippen MR) is 174 cm³/mol. The Labute approximate surface area is 236 Å². The number of hydrogen-bond donors (Lipinski definition) is 2. The van der Waals surface area contributed by atoms with Crippen molar-refractivity contribution in [1.29, 1.82) is 0 Å². The lowest BCUT2D eigenvalue weighted by Crippen LogP contribution is -2.42. The second kappa shape index (κ2) is 9.19. The molecular weight excluding hydrogens is 505 g/mol. The SMILES string of the molecule is C[Si](C)(C)c1ccc(Nc2ccc3c(c2)CC2=C3c3ccccc3C(N)(c3ccc([Si](C)(C)C)cc3)C2)cc1. The minimum Gasteiger partial charge on any atom is -0.356 e. The summed E-state index contributed by atoms with van der Waals surface area (Å²) in [5, 5.41) is 6.61. The summed E-state index contributed by atoms with van der Waals surface area (Å²) in [5.41, 5.74) is 18.5. The van der Waals surface area contributed by atoms with Gasteiger partial charge in [0.25, 0.3) is 0 Å². The van der Waals surface area contributed by atoms with Crippen molar-refractivity contribution in [3.63, 3.8) is 0 Å². The summed E-state index contributed by atoms with van der Waals surface area (Å²) >= 11 is 0. The molecule has 0 amide bonds. The summed E-state index contributed by atoms with van der Waals surface area (Å²) in [6, 6.07) is 33.9. The summed E-state index contributed by atoms with van der Waals surface area (Å²) in [4.78, 5) is 0. The minimum absolute atomic E-state index is 0.519. The molecule has 0 aliphatic heterocycles. The Kier molecular flexibility index (Phi) is 6.14. The lowest BCUT2D eigenvalue weighted by Gasteiger charge is -2.38. The normalized spacial score (nSPS) is 18.4. The molecule has 4 aromatic carbocycles. The van der Waals surface area contributed by atoms with Crippen molar-refractivity contribution in [2.75, 3.05) is 5.32 Å². The van der Waals surface area contributed by atoms with Gasteiger partial charge >= 0.3 is 0 Å². The van der Waals surface area contributed by atoms with Crippen LogP contribution >= 0.6 is 0 Å². The van der Waals surface area contributed by atoms with Crippen molar-refractivity contribution in [3.8, 4) is 0 Å². The van der Waals surface area contributed by atoms with Gasteiger partial charge in [-0.15, -0.1) is 0 Å². The van der Waals surface area contributed by atoms with E-state index < -0.39 is 21.7 Å². The van der Waals surface area contributed by atoms with Crippen LogP contribution in [0.15, 0.2) is 96.6 Å². The number of nitrogens with two attached hydrogens (primary N) is 1. The first-order valence-electron chi connectivity index (χ1n) is 14.2. The van der Waals surface area contributed by atoms with E-state index in [0.717, 1.165) is 24.2 Å². The van der Waals surface area contributed by atoms with Gasteiger partial charge in [-0.3, -0.25) is 0 Å². The van der Waals surface area contributed by atoms with Crippen LogP contribution in [0, 0.1) is 0 Å². The molecule has 4 heteroatoms. The summed E-state index contributed by atoms with van der Waals surface area (Å²) < 4.78 is 0. The minimum atomic E-state index is -1.37. The molecule has 0 saturated heterocycles. The maximum Gasteiger partial charge on any atom is 0.0775 e. The molecule has 0 bridgehead atoms. The molecule has 2 nitrogen and oxygen atoms in total. The highest BCUT2D eigenvalue weighted by atomic mass is 28.3. The Morgan fingerprint density at radius 2 is 1.26 bits per heavy atom. The van der Waals surface area contributed by atoms with Gasteiger partial charge in [0.15, 0.2) is 0 Å². The van der Waals surface area contributed by atoms with Crippen molar-refractivity contribution in [3.05, 3.63) is 124 Å². The quantitative estimate of drug-likeness (QED) is 0.256. The molecule has 39 heavy (non-hydrogen) atoms. The zero-order valence-electron chi connectivity index (χ0n) is 24.2. The van der Waals surface area contributed by atoms with E-state index in [0.29, 0.717) is 0 Å². The van der Waals surface area contributed by atoms with E-state index in [1.807, 2.05) is 0 Å². The molecule has 3 N–H and O–H groups in total. The first kappa shape index (κ1) is 26.1. The highest BCUT2D eigenvalue weighted by Gasteiger charge is 2.41. The van der Waals surface area contributed by atoms with Crippen molar-refractivity contribution in [2.45, 2.75) is 57.7 Å². The number of nitrogens with one attached hydrogen (secondary N) is 1. The van der Waals surface area contributed by atoms with Crippen LogP contribution in [0.2, 0.25) is 39.3 Å². The first-order valence-corrected chi connectivity index (χ1v) is 21.2. The number of anilines is 2.